The molecule has 0 atom stereocenters. The zero-order valence-corrected chi connectivity index (χ0v) is 16.2. The maximum atomic E-state index is 11.6. The van der Waals surface area contributed by atoms with Crippen LogP contribution in [0.3, 0.4) is 0 Å². The SMILES string of the molecule is CC(=O)N1CCN(c2ncc(-c3ccncc3)c(-c3c(C)noc3C)n2)CC1. The van der Waals surface area contributed by atoms with Gasteiger partial charge in [-0.3, -0.25) is 9.78 Å². The van der Waals surface area contributed by atoms with E-state index in [1.165, 1.54) is 0 Å². The lowest BCUT2D eigenvalue weighted by molar-refractivity contribution is -0.129. The highest BCUT2D eigenvalue weighted by Crippen LogP contribution is 2.34. The Bertz CT molecular complexity index is 974. The van der Waals surface area contributed by atoms with Crippen LogP contribution in [0.2, 0.25) is 0 Å². The molecule has 4 rings (SSSR count). The second-order valence-electron chi connectivity index (χ2n) is 6.86. The van der Waals surface area contributed by atoms with E-state index in [0.717, 1.165) is 33.8 Å². The highest BCUT2D eigenvalue weighted by atomic mass is 16.5. The zero-order chi connectivity index (χ0) is 19.7. The molecule has 144 valence electrons. The summed E-state index contributed by atoms with van der Waals surface area (Å²) in [6, 6.07) is 3.87. The molecule has 3 aromatic rings. The number of rotatable bonds is 3. The molecule has 8 heteroatoms. The predicted octanol–water partition coefficient (Wildman–Crippen LogP) is 2.48. The van der Waals surface area contributed by atoms with Crippen molar-refractivity contribution in [2.75, 3.05) is 31.1 Å². The van der Waals surface area contributed by atoms with Crippen LogP contribution in [0.15, 0.2) is 35.2 Å². The van der Waals surface area contributed by atoms with E-state index in [0.29, 0.717) is 32.1 Å². The first-order valence-electron chi connectivity index (χ1n) is 9.25. The second kappa shape index (κ2) is 7.38. The first-order valence-corrected chi connectivity index (χ1v) is 9.25. The summed E-state index contributed by atoms with van der Waals surface area (Å²) in [6.07, 6.45) is 5.35. The number of anilines is 1. The number of hydrogen-bond acceptors (Lipinski definition) is 7. The standard InChI is InChI=1S/C20H22N6O2/c1-13-18(14(2)28-24-13)19-17(16-4-6-21-7-5-16)12-22-20(23-19)26-10-8-25(9-11-26)15(3)27/h4-7,12H,8-11H2,1-3H3. The van der Waals surface area contributed by atoms with Crippen molar-refractivity contribution in [3.63, 3.8) is 0 Å². The highest BCUT2D eigenvalue weighted by molar-refractivity contribution is 5.82. The molecule has 0 bridgehead atoms. The average Bonchev–Trinajstić information content (AvgIpc) is 3.06. The van der Waals surface area contributed by atoms with Crippen molar-refractivity contribution < 1.29 is 9.32 Å². The summed E-state index contributed by atoms with van der Waals surface area (Å²) in [5.74, 6) is 1.47. The Labute approximate surface area is 163 Å². The summed E-state index contributed by atoms with van der Waals surface area (Å²) in [7, 11) is 0. The first-order chi connectivity index (χ1) is 13.5. The van der Waals surface area contributed by atoms with Crippen molar-refractivity contribution >= 4 is 11.9 Å². The van der Waals surface area contributed by atoms with E-state index in [4.69, 9.17) is 9.51 Å². The summed E-state index contributed by atoms with van der Waals surface area (Å²) in [5, 5.41) is 4.09. The zero-order valence-electron chi connectivity index (χ0n) is 16.2. The highest BCUT2D eigenvalue weighted by Gasteiger charge is 2.24. The fourth-order valence-corrected chi connectivity index (χ4v) is 3.50. The van der Waals surface area contributed by atoms with Crippen molar-refractivity contribution in [3.8, 4) is 22.4 Å². The van der Waals surface area contributed by atoms with Crippen LogP contribution in [0.1, 0.15) is 18.4 Å². The van der Waals surface area contributed by atoms with Crippen molar-refractivity contribution in [3.05, 3.63) is 42.2 Å². The lowest BCUT2D eigenvalue weighted by atomic mass is 10.0. The molecule has 28 heavy (non-hydrogen) atoms. The molecule has 8 nitrogen and oxygen atoms in total. The molecule has 0 unspecified atom stereocenters. The Morgan fingerprint density at radius 1 is 1.11 bits per heavy atom. The first kappa shape index (κ1) is 18.1. The van der Waals surface area contributed by atoms with Crippen LogP contribution < -0.4 is 4.90 Å². The Balaban J connectivity index is 1.76. The number of hydrogen-bond donors (Lipinski definition) is 0. The third-order valence-corrected chi connectivity index (χ3v) is 5.05. The number of pyridine rings is 1. The predicted molar refractivity (Wildman–Crippen MR) is 105 cm³/mol. The molecular weight excluding hydrogens is 356 g/mol. The third kappa shape index (κ3) is 3.33. The van der Waals surface area contributed by atoms with Gasteiger partial charge in [0, 0.05) is 57.3 Å². The normalized spacial score (nSPS) is 14.4. The maximum absolute atomic E-state index is 11.6. The summed E-state index contributed by atoms with van der Waals surface area (Å²) < 4.78 is 5.39. The third-order valence-electron chi connectivity index (χ3n) is 5.05. The molecule has 0 N–H and O–H groups in total. The molecule has 0 radical (unpaired) electrons. The second-order valence-corrected chi connectivity index (χ2v) is 6.86. The molecule has 0 aromatic carbocycles. The number of carbonyl (C=O) groups is 1. The fourth-order valence-electron chi connectivity index (χ4n) is 3.50. The number of carbonyl (C=O) groups excluding carboxylic acids is 1. The van der Waals surface area contributed by atoms with Gasteiger partial charge in [-0.1, -0.05) is 5.16 Å². The minimum atomic E-state index is 0.102. The summed E-state index contributed by atoms with van der Waals surface area (Å²) in [5.41, 5.74) is 4.36. The van der Waals surface area contributed by atoms with Crippen LogP contribution in [0.5, 0.6) is 0 Å². The molecule has 1 saturated heterocycles. The van der Waals surface area contributed by atoms with E-state index in [9.17, 15) is 4.79 Å². The number of nitrogens with zero attached hydrogens (tertiary/aromatic N) is 6. The molecule has 4 heterocycles. The summed E-state index contributed by atoms with van der Waals surface area (Å²) >= 11 is 0. The van der Waals surface area contributed by atoms with E-state index in [1.807, 2.05) is 37.1 Å². The number of piperazine rings is 1. The maximum Gasteiger partial charge on any atom is 0.226 e. The van der Waals surface area contributed by atoms with Crippen LogP contribution in [0.25, 0.3) is 22.4 Å². The van der Waals surface area contributed by atoms with Crippen molar-refractivity contribution in [2.24, 2.45) is 0 Å². The number of aryl methyl sites for hydroxylation is 2. The van der Waals surface area contributed by atoms with E-state index in [-0.39, 0.29) is 5.91 Å². The Morgan fingerprint density at radius 3 is 2.43 bits per heavy atom. The Hall–Kier alpha value is -3.29. The minimum absolute atomic E-state index is 0.102. The van der Waals surface area contributed by atoms with Crippen molar-refractivity contribution in [2.45, 2.75) is 20.8 Å². The Morgan fingerprint density at radius 2 is 1.82 bits per heavy atom. The van der Waals surface area contributed by atoms with Gasteiger partial charge in [-0.25, -0.2) is 9.97 Å². The van der Waals surface area contributed by atoms with Gasteiger partial charge in [0.25, 0.3) is 0 Å². The molecule has 3 aromatic heterocycles. The smallest absolute Gasteiger partial charge is 0.226 e. The van der Waals surface area contributed by atoms with Gasteiger partial charge in [0.1, 0.15) is 5.76 Å². The molecule has 1 aliphatic rings. The lowest BCUT2D eigenvalue weighted by Crippen LogP contribution is -2.48. The van der Waals surface area contributed by atoms with Gasteiger partial charge >= 0.3 is 0 Å². The van der Waals surface area contributed by atoms with Crippen LogP contribution in [0.4, 0.5) is 5.95 Å². The molecule has 1 amide bonds. The van der Waals surface area contributed by atoms with Gasteiger partial charge in [-0.2, -0.15) is 0 Å². The van der Waals surface area contributed by atoms with Crippen LogP contribution in [-0.2, 0) is 4.79 Å². The van der Waals surface area contributed by atoms with Gasteiger partial charge in [0.05, 0.1) is 17.0 Å². The van der Waals surface area contributed by atoms with Gasteiger partial charge in [-0.05, 0) is 31.5 Å². The minimum Gasteiger partial charge on any atom is -0.361 e. The van der Waals surface area contributed by atoms with Crippen LogP contribution in [-0.4, -0.2) is 57.1 Å². The molecule has 1 aliphatic heterocycles. The molecule has 0 aliphatic carbocycles. The molecule has 0 saturated carbocycles. The number of aromatic nitrogens is 4. The quantitative estimate of drug-likeness (QED) is 0.692. The summed E-state index contributed by atoms with van der Waals surface area (Å²) in [4.78, 5) is 29.1. The van der Waals surface area contributed by atoms with Gasteiger partial charge in [0.15, 0.2) is 0 Å². The summed E-state index contributed by atoms with van der Waals surface area (Å²) in [6.45, 7) is 8.15. The van der Waals surface area contributed by atoms with Gasteiger partial charge in [-0.15, -0.1) is 0 Å². The largest absolute Gasteiger partial charge is 0.361 e. The number of amides is 1. The van der Waals surface area contributed by atoms with Crippen LogP contribution in [0, 0.1) is 13.8 Å². The van der Waals surface area contributed by atoms with Crippen molar-refractivity contribution in [1.82, 2.24) is 25.0 Å². The molecular formula is C20H22N6O2. The van der Waals surface area contributed by atoms with Crippen LogP contribution >= 0.6 is 0 Å². The van der Waals surface area contributed by atoms with E-state index >= 15 is 0 Å². The van der Waals surface area contributed by atoms with E-state index in [2.05, 4.69) is 20.0 Å². The van der Waals surface area contributed by atoms with Crippen molar-refractivity contribution in [1.29, 1.82) is 0 Å². The Kier molecular flexibility index (Phi) is 4.77. The molecule has 0 spiro atoms. The molecule has 1 fully saturated rings. The van der Waals surface area contributed by atoms with Gasteiger partial charge < -0.3 is 14.3 Å². The monoisotopic (exact) mass is 378 g/mol. The van der Waals surface area contributed by atoms with E-state index in [1.54, 1.807) is 19.3 Å². The lowest BCUT2D eigenvalue weighted by Gasteiger charge is -2.34. The van der Waals surface area contributed by atoms with Gasteiger partial charge in [0.2, 0.25) is 11.9 Å². The average molecular weight is 378 g/mol. The van der Waals surface area contributed by atoms with E-state index < -0.39 is 0 Å². The topological polar surface area (TPSA) is 88.3 Å². The fraction of sp³-hybridized carbons (Fsp3) is 0.350.